The van der Waals surface area contributed by atoms with Gasteiger partial charge in [0.05, 0.1) is 10.0 Å². The van der Waals surface area contributed by atoms with Crippen LogP contribution in [0.25, 0.3) is 0 Å². The van der Waals surface area contributed by atoms with Gasteiger partial charge >= 0.3 is 0 Å². The molecule has 0 aliphatic carbocycles. The highest BCUT2D eigenvalue weighted by molar-refractivity contribution is 6.42. The molecular formula is C11H10Cl2N2. The Morgan fingerprint density at radius 1 is 1.33 bits per heavy atom. The van der Waals surface area contributed by atoms with Crippen molar-refractivity contribution in [3.8, 4) is 0 Å². The molecule has 0 spiro atoms. The predicted octanol–water partition coefficient (Wildman–Crippen LogP) is 3.52. The summed E-state index contributed by atoms with van der Waals surface area (Å²) in [5.74, 6) is 0. The van der Waals surface area contributed by atoms with E-state index in [1.54, 1.807) is 12.3 Å². The van der Waals surface area contributed by atoms with Gasteiger partial charge in [-0.15, -0.1) is 0 Å². The second kappa shape index (κ2) is 4.25. The van der Waals surface area contributed by atoms with Gasteiger partial charge in [-0.05, 0) is 12.1 Å². The van der Waals surface area contributed by atoms with E-state index in [4.69, 9.17) is 23.2 Å². The van der Waals surface area contributed by atoms with E-state index in [9.17, 15) is 0 Å². The lowest BCUT2D eigenvalue weighted by Crippen LogP contribution is -2.20. The van der Waals surface area contributed by atoms with Crippen LogP contribution in [0.3, 0.4) is 0 Å². The number of allylic oxidation sites excluding steroid dienone is 1. The number of benzene rings is 1. The SMILES string of the molecule is CN1C=CC=NC1c1cccc(Cl)c1Cl. The van der Waals surface area contributed by atoms with E-state index < -0.39 is 0 Å². The molecule has 4 heteroatoms. The van der Waals surface area contributed by atoms with Crippen LogP contribution in [0.5, 0.6) is 0 Å². The van der Waals surface area contributed by atoms with Crippen molar-refractivity contribution < 1.29 is 0 Å². The minimum atomic E-state index is -0.0822. The minimum Gasteiger partial charge on any atom is -0.355 e. The van der Waals surface area contributed by atoms with Crippen molar-refractivity contribution in [1.29, 1.82) is 0 Å². The van der Waals surface area contributed by atoms with E-state index in [2.05, 4.69) is 4.99 Å². The van der Waals surface area contributed by atoms with E-state index in [0.29, 0.717) is 10.0 Å². The molecule has 0 amide bonds. The van der Waals surface area contributed by atoms with E-state index in [1.165, 1.54) is 0 Å². The normalized spacial score (nSPS) is 19.7. The van der Waals surface area contributed by atoms with Crippen LogP contribution in [0.15, 0.2) is 35.5 Å². The van der Waals surface area contributed by atoms with E-state index in [1.807, 2.05) is 36.4 Å². The van der Waals surface area contributed by atoms with Crippen LogP contribution in [0.1, 0.15) is 11.7 Å². The quantitative estimate of drug-likeness (QED) is 0.734. The van der Waals surface area contributed by atoms with Gasteiger partial charge in [-0.25, -0.2) is 0 Å². The van der Waals surface area contributed by atoms with Gasteiger partial charge < -0.3 is 4.90 Å². The summed E-state index contributed by atoms with van der Waals surface area (Å²) in [6, 6.07) is 5.59. The van der Waals surface area contributed by atoms with Crippen LogP contribution in [0.2, 0.25) is 10.0 Å². The fraction of sp³-hybridized carbons (Fsp3) is 0.182. The molecule has 0 saturated heterocycles. The van der Waals surface area contributed by atoms with Crippen LogP contribution in [0, 0.1) is 0 Å². The van der Waals surface area contributed by atoms with Crippen molar-refractivity contribution >= 4 is 29.4 Å². The number of aliphatic imine (C=N–C) groups is 1. The first-order chi connectivity index (χ1) is 7.20. The Morgan fingerprint density at radius 2 is 2.13 bits per heavy atom. The fourth-order valence-corrected chi connectivity index (χ4v) is 1.92. The monoisotopic (exact) mass is 240 g/mol. The number of rotatable bonds is 1. The van der Waals surface area contributed by atoms with E-state index in [0.717, 1.165) is 5.56 Å². The Morgan fingerprint density at radius 3 is 2.87 bits per heavy atom. The molecular weight excluding hydrogens is 231 g/mol. The molecule has 1 unspecified atom stereocenters. The van der Waals surface area contributed by atoms with Gasteiger partial charge in [0.15, 0.2) is 0 Å². The number of nitrogens with zero attached hydrogens (tertiary/aromatic N) is 2. The first-order valence-electron chi connectivity index (χ1n) is 4.56. The zero-order valence-electron chi connectivity index (χ0n) is 8.19. The first-order valence-corrected chi connectivity index (χ1v) is 5.31. The minimum absolute atomic E-state index is 0.0822. The van der Waals surface area contributed by atoms with Crippen LogP contribution < -0.4 is 0 Å². The van der Waals surface area contributed by atoms with E-state index >= 15 is 0 Å². The van der Waals surface area contributed by atoms with Crippen molar-refractivity contribution in [2.24, 2.45) is 4.99 Å². The molecule has 1 aliphatic rings. The highest BCUT2D eigenvalue weighted by Crippen LogP contribution is 2.33. The van der Waals surface area contributed by atoms with Gasteiger partial charge in [-0.1, -0.05) is 35.3 Å². The van der Waals surface area contributed by atoms with Crippen molar-refractivity contribution in [2.45, 2.75) is 6.17 Å². The molecule has 1 aromatic rings. The third-order valence-corrected chi connectivity index (χ3v) is 3.11. The highest BCUT2D eigenvalue weighted by Gasteiger charge is 2.18. The summed E-state index contributed by atoms with van der Waals surface area (Å²) in [7, 11) is 1.95. The lowest BCUT2D eigenvalue weighted by Gasteiger charge is -2.26. The van der Waals surface area contributed by atoms with Crippen molar-refractivity contribution in [2.75, 3.05) is 7.05 Å². The van der Waals surface area contributed by atoms with Gasteiger partial charge in [0.1, 0.15) is 6.17 Å². The standard InChI is InChI=1S/C11H10Cl2N2/c1-15-7-3-6-14-11(15)8-4-2-5-9(12)10(8)13/h2-7,11H,1H3. The first kappa shape index (κ1) is 10.5. The summed E-state index contributed by atoms with van der Waals surface area (Å²) in [6.45, 7) is 0. The molecule has 1 atom stereocenters. The Balaban J connectivity index is 2.41. The molecule has 1 aliphatic heterocycles. The zero-order chi connectivity index (χ0) is 10.8. The van der Waals surface area contributed by atoms with E-state index in [-0.39, 0.29) is 6.17 Å². The van der Waals surface area contributed by atoms with Gasteiger partial charge in [-0.3, -0.25) is 4.99 Å². The summed E-state index contributed by atoms with van der Waals surface area (Å²) in [5, 5.41) is 1.13. The molecule has 1 heterocycles. The summed E-state index contributed by atoms with van der Waals surface area (Å²) in [6.07, 6.45) is 5.52. The molecule has 0 N–H and O–H groups in total. The maximum atomic E-state index is 6.14. The maximum Gasteiger partial charge on any atom is 0.147 e. The summed E-state index contributed by atoms with van der Waals surface area (Å²) < 4.78 is 0. The van der Waals surface area contributed by atoms with Crippen LogP contribution in [-0.2, 0) is 0 Å². The molecule has 0 bridgehead atoms. The zero-order valence-corrected chi connectivity index (χ0v) is 9.70. The number of halogens is 2. The topological polar surface area (TPSA) is 15.6 Å². The Hall–Kier alpha value is -0.990. The van der Waals surface area contributed by atoms with Gasteiger partial charge in [-0.2, -0.15) is 0 Å². The van der Waals surface area contributed by atoms with Crippen LogP contribution >= 0.6 is 23.2 Å². The lowest BCUT2D eigenvalue weighted by molar-refractivity contribution is 0.345. The third kappa shape index (κ3) is 2.01. The van der Waals surface area contributed by atoms with Gasteiger partial charge in [0, 0.05) is 25.0 Å². The smallest absolute Gasteiger partial charge is 0.147 e. The molecule has 0 radical (unpaired) electrons. The molecule has 2 nitrogen and oxygen atoms in total. The molecule has 1 aromatic carbocycles. The fourth-order valence-electron chi connectivity index (χ4n) is 1.51. The lowest BCUT2D eigenvalue weighted by atomic mass is 10.1. The largest absolute Gasteiger partial charge is 0.355 e. The van der Waals surface area contributed by atoms with Gasteiger partial charge in [0.2, 0.25) is 0 Å². The van der Waals surface area contributed by atoms with Crippen molar-refractivity contribution in [3.63, 3.8) is 0 Å². The van der Waals surface area contributed by atoms with Crippen molar-refractivity contribution in [1.82, 2.24) is 4.90 Å². The second-order valence-electron chi connectivity index (χ2n) is 3.32. The number of hydrogen-bond donors (Lipinski definition) is 0. The summed E-state index contributed by atoms with van der Waals surface area (Å²) in [4.78, 5) is 6.34. The molecule has 78 valence electrons. The summed E-state index contributed by atoms with van der Waals surface area (Å²) >= 11 is 12.1. The molecule has 0 aromatic heterocycles. The number of hydrogen-bond acceptors (Lipinski definition) is 2. The Labute approximate surface area is 98.8 Å². The molecule has 0 saturated carbocycles. The second-order valence-corrected chi connectivity index (χ2v) is 4.11. The van der Waals surface area contributed by atoms with Crippen LogP contribution in [0.4, 0.5) is 0 Å². The summed E-state index contributed by atoms with van der Waals surface area (Å²) in [5.41, 5.74) is 0.923. The predicted molar refractivity (Wildman–Crippen MR) is 64.6 cm³/mol. The maximum absolute atomic E-state index is 6.14. The highest BCUT2D eigenvalue weighted by atomic mass is 35.5. The van der Waals surface area contributed by atoms with Gasteiger partial charge in [0.25, 0.3) is 0 Å². The average molecular weight is 241 g/mol. The molecule has 0 fully saturated rings. The van der Waals surface area contributed by atoms with Crippen LogP contribution in [-0.4, -0.2) is 18.2 Å². The third-order valence-electron chi connectivity index (χ3n) is 2.28. The average Bonchev–Trinajstić information content (AvgIpc) is 2.23. The van der Waals surface area contributed by atoms with Crippen molar-refractivity contribution in [3.05, 3.63) is 46.1 Å². The molecule has 2 rings (SSSR count). The Kier molecular flexibility index (Phi) is 2.98. The molecule has 15 heavy (non-hydrogen) atoms. The Bertz CT molecular complexity index is 427.